The summed E-state index contributed by atoms with van der Waals surface area (Å²) in [6, 6.07) is 23.9. The quantitative estimate of drug-likeness (QED) is 0.207. The molecular weight excluding hydrogens is 565 g/mol. The van der Waals surface area contributed by atoms with Crippen LogP contribution in [0.4, 0.5) is 5.69 Å². The summed E-state index contributed by atoms with van der Waals surface area (Å²) in [5, 5.41) is 14.0. The van der Waals surface area contributed by atoms with Crippen molar-refractivity contribution in [1.82, 2.24) is 5.32 Å². The molecule has 1 amide bonds. The predicted octanol–water partition coefficient (Wildman–Crippen LogP) is 6.06. The van der Waals surface area contributed by atoms with Gasteiger partial charge in [0.2, 0.25) is 0 Å². The maximum absolute atomic E-state index is 13.7. The highest BCUT2D eigenvalue weighted by molar-refractivity contribution is 7.98. The summed E-state index contributed by atoms with van der Waals surface area (Å²) in [4.78, 5) is 25.2. The molecule has 208 valence electrons. The Labute approximate surface area is 242 Å². The van der Waals surface area contributed by atoms with Crippen LogP contribution in [0, 0.1) is 6.92 Å². The van der Waals surface area contributed by atoms with Gasteiger partial charge in [0.25, 0.3) is 15.9 Å². The van der Waals surface area contributed by atoms with E-state index >= 15 is 0 Å². The molecule has 7 nitrogen and oxygen atoms in total. The number of para-hydroxylation sites is 1. The number of anilines is 1. The van der Waals surface area contributed by atoms with Crippen LogP contribution in [0.3, 0.4) is 0 Å². The van der Waals surface area contributed by atoms with Crippen molar-refractivity contribution >= 4 is 50.7 Å². The van der Waals surface area contributed by atoms with Crippen LogP contribution in [0.15, 0.2) is 94.5 Å². The first-order chi connectivity index (χ1) is 19.2. The van der Waals surface area contributed by atoms with E-state index in [0.717, 1.165) is 22.5 Å². The second kappa shape index (κ2) is 13.2. The third-order valence-electron chi connectivity index (χ3n) is 6.39. The molecule has 0 fully saturated rings. The number of thioether (sulfide) groups is 1. The van der Waals surface area contributed by atoms with Gasteiger partial charge in [-0.3, -0.25) is 9.10 Å². The molecule has 40 heavy (non-hydrogen) atoms. The van der Waals surface area contributed by atoms with Gasteiger partial charge in [0.05, 0.1) is 12.2 Å². The number of hydrogen-bond acceptors (Lipinski definition) is 6. The topological polar surface area (TPSA) is 104 Å². The van der Waals surface area contributed by atoms with E-state index in [9.17, 15) is 23.1 Å². The first-order valence-corrected chi connectivity index (χ1v) is 16.3. The molecule has 0 radical (unpaired) electrons. The lowest BCUT2D eigenvalue weighted by Gasteiger charge is -2.25. The number of rotatable bonds is 12. The summed E-state index contributed by atoms with van der Waals surface area (Å²) in [6.45, 7) is 1.97. The minimum absolute atomic E-state index is 0.0382. The van der Waals surface area contributed by atoms with E-state index in [1.165, 1.54) is 16.1 Å². The van der Waals surface area contributed by atoms with Crippen molar-refractivity contribution in [3.63, 3.8) is 0 Å². The Bertz CT molecular complexity index is 1570. The molecule has 0 bridgehead atoms. The highest BCUT2D eigenvalue weighted by atomic mass is 32.2. The maximum atomic E-state index is 13.7. The number of nitrogens with one attached hydrogen (secondary N) is 1. The van der Waals surface area contributed by atoms with Crippen molar-refractivity contribution in [3.8, 4) is 11.1 Å². The van der Waals surface area contributed by atoms with Crippen LogP contribution < -0.4 is 9.62 Å². The van der Waals surface area contributed by atoms with E-state index in [1.807, 2.05) is 49.6 Å². The zero-order valence-electron chi connectivity index (χ0n) is 22.1. The standard InChI is InChI=1S/C30H30N2O5S3/c1-21-9-6-7-12-24(21)26-19-22(14-15-25(26)29(33)31-27(30(34)35)16-18-38-2)20-32(23-10-4-3-5-11-23)40(36,37)28-13-8-17-39-28/h3-15,17,19,27H,16,18,20H2,1-2H3,(H,31,33)(H,34,35)/t27-/m1/s1. The van der Waals surface area contributed by atoms with Crippen molar-refractivity contribution < 1.29 is 23.1 Å². The number of aliphatic carboxylic acids is 1. The summed E-state index contributed by atoms with van der Waals surface area (Å²) < 4.78 is 28.9. The smallest absolute Gasteiger partial charge is 0.326 e. The largest absolute Gasteiger partial charge is 0.480 e. The number of nitrogens with zero attached hydrogens (tertiary/aromatic N) is 1. The normalized spacial score (nSPS) is 12.1. The van der Waals surface area contributed by atoms with E-state index in [-0.39, 0.29) is 10.8 Å². The van der Waals surface area contributed by atoms with E-state index in [2.05, 4.69) is 5.32 Å². The predicted molar refractivity (Wildman–Crippen MR) is 163 cm³/mol. The van der Waals surface area contributed by atoms with Crippen LogP contribution in [0.5, 0.6) is 0 Å². The first kappa shape index (κ1) is 29.4. The fourth-order valence-electron chi connectivity index (χ4n) is 4.31. The number of benzene rings is 3. The van der Waals surface area contributed by atoms with Crippen LogP contribution in [0.1, 0.15) is 27.9 Å². The third-order valence-corrected chi connectivity index (χ3v) is 10.2. The molecule has 4 rings (SSSR count). The van der Waals surface area contributed by atoms with Gasteiger partial charge in [0, 0.05) is 5.56 Å². The Morgan fingerprint density at radius 3 is 2.35 bits per heavy atom. The molecule has 0 unspecified atom stereocenters. The van der Waals surface area contributed by atoms with Crippen LogP contribution in [-0.2, 0) is 21.4 Å². The van der Waals surface area contributed by atoms with Crippen LogP contribution >= 0.6 is 23.1 Å². The lowest BCUT2D eigenvalue weighted by Crippen LogP contribution is -2.41. The number of aryl methyl sites for hydroxylation is 1. The molecule has 1 aromatic heterocycles. The molecule has 0 spiro atoms. The molecule has 1 atom stereocenters. The van der Waals surface area contributed by atoms with Crippen LogP contribution in [0.25, 0.3) is 11.1 Å². The average Bonchev–Trinajstić information content (AvgIpc) is 3.50. The number of sulfonamides is 1. The summed E-state index contributed by atoms with van der Waals surface area (Å²) in [7, 11) is -3.85. The molecule has 2 N–H and O–H groups in total. The fraction of sp³-hybridized carbons (Fsp3) is 0.200. The van der Waals surface area contributed by atoms with Gasteiger partial charge in [-0.2, -0.15) is 11.8 Å². The Hall–Kier alpha value is -3.60. The minimum atomic E-state index is -3.85. The molecule has 0 saturated heterocycles. The van der Waals surface area contributed by atoms with Crippen LogP contribution in [-0.4, -0.2) is 43.5 Å². The highest BCUT2D eigenvalue weighted by Crippen LogP contribution is 2.32. The minimum Gasteiger partial charge on any atom is -0.480 e. The van der Waals surface area contributed by atoms with Gasteiger partial charge < -0.3 is 10.4 Å². The fourth-order valence-corrected chi connectivity index (χ4v) is 7.34. The number of carbonyl (C=O) groups excluding carboxylic acids is 1. The van der Waals surface area contributed by atoms with E-state index in [0.29, 0.717) is 34.6 Å². The Balaban J connectivity index is 1.77. The van der Waals surface area contributed by atoms with Crippen molar-refractivity contribution in [2.45, 2.75) is 30.1 Å². The Morgan fingerprint density at radius 1 is 0.975 bits per heavy atom. The maximum Gasteiger partial charge on any atom is 0.326 e. The number of amides is 1. The molecule has 4 aromatic rings. The summed E-state index contributed by atoms with van der Waals surface area (Å²) in [5.74, 6) is -0.993. The lowest BCUT2D eigenvalue weighted by molar-refractivity contribution is -0.139. The number of hydrogen-bond donors (Lipinski definition) is 2. The summed E-state index contributed by atoms with van der Waals surface area (Å²) in [5.41, 5.74) is 3.85. The second-order valence-electron chi connectivity index (χ2n) is 9.12. The third kappa shape index (κ3) is 6.75. The Kier molecular flexibility index (Phi) is 9.67. The van der Waals surface area contributed by atoms with Gasteiger partial charge in [0.15, 0.2) is 0 Å². The van der Waals surface area contributed by atoms with Crippen molar-refractivity contribution in [3.05, 3.63) is 107 Å². The van der Waals surface area contributed by atoms with Gasteiger partial charge in [0.1, 0.15) is 10.3 Å². The zero-order valence-corrected chi connectivity index (χ0v) is 24.6. The zero-order chi connectivity index (χ0) is 28.7. The van der Waals surface area contributed by atoms with E-state index in [1.54, 1.807) is 53.9 Å². The molecule has 0 aliphatic rings. The van der Waals surface area contributed by atoms with Gasteiger partial charge >= 0.3 is 5.97 Å². The van der Waals surface area contributed by atoms with Crippen LogP contribution in [0.2, 0.25) is 0 Å². The molecule has 0 aliphatic carbocycles. The summed E-state index contributed by atoms with van der Waals surface area (Å²) >= 11 is 2.66. The molecule has 0 aliphatic heterocycles. The van der Waals surface area contributed by atoms with E-state index in [4.69, 9.17) is 0 Å². The molecule has 3 aromatic carbocycles. The van der Waals surface area contributed by atoms with Gasteiger partial charge in [-0.05, 0) is 83.3 Å². The molecular formula is C30H30N2O5S3. The Morgan fingerprint density at radius 2 is 1.70 bits per heavy atom. The number of carbonyl (C=O) groups is 2. The molecule has 1 heterocycles. The van der Waals surface area contributed by atoms with Gasteiger partial charge in [-0.15, -0.1) is 11.3 Å². The first-order valence-electron chi connectivity index (χ1n) is 12.5. The SMILES string of the molecule is CSCC[C@@H](NC(=O)c1ccc(CN(c2ccccc2)S(=O)(=O)c2cccs2)cc1-c1ccccc1C)C(=O)O. The van der Waals surface area contributed by atoms with Gasteiger partial charge in [-0.25, -0.2) is 13.2 Å². The summed E-state index contributed by atoms with van der Waals surface area (Å²) in [6.07, 6.45) is 2.18. The second-order valence-corrected chi connectivity index (χ2v) is 13.1. The van der Waals surface area contributed by atoms with Gasteiger partial charge in [-0.1, -0.05) is 54.6 Å². The monoisotopic (exact) mass is 594 g/mol. The van der Waals surface area contributed by atoms with Crippen molar-refractivity contribution in [2.75, 3.05) is 16.3 Å². The highest BCUT2D eigenvalue weighted by Gasteiger charge is 2.27. The van der Waals surface area contributed by atoms with Crippen molar-refractivity contribution in [1.29, 1.82) is 0 Å². The molecule has 0 saturated carbocycles. The average molecular weight is 595 g/mol. The number of carboxylic acids is 1. The molecule has 10 heteroatoms. The lowest BCUT2D eigenvalue weighted by atomic mass is 9.93. The number of carboxylic acid groups (broad SMARTS) is 1. The number of thiophene rings is 1. The van der Waals surface area contributed by atoms with Crippen molar-refractivity contribution in [2.24, 2.45) is 0 Å². The van der Waals surface area contributed by atoms with E-state index < -0.39 is 27.9 Å².